The van der Waals surface area contributed by atoms with Crippen molar-refractivity contribution in [3.8, 4) is 0 Å². The fourth-order valence-corrected chi connectivity index (χ4v) is 4.86. The zero-order valence-electron chi connectivity index (χ0n) is 19.2. The van der Waals surface area contributed by atoms with Crippen molar-refractivity contribution in [2.75, 3.05) is 35.9 Å². The second-order valence-corrected chi connectivity index (χ2v) is 9.63. The molecule has 0 spiro atoms. The first-order chi connectivity index (χ1) is 16.5. The quantitative estimate of drug-likeness (QED) is 0.483. The fraction of sp³-hybridized carbons (Fsp3) is 0.185. The van der Waals surface area contributed by atoms with Gasteiger partial charge in [0.25, 0.3) is 10.0 Å². The van der Waals surface area contributed by atoms with Crippen LogP contribution < -0.4 is 14.9 Å². The zero-order chi connectivity index (χ0) is 24.0. The summed E-state index contributed by atoms with van der Waals surface area (Å²) in [6.07, 6.45) is 1.98. The maximum Gasteiger partial charge on any atom is 0.261 e. The lowest BCUT2D eigenvalue weighted by Crippen LogP contribution is -2.36. The van der Waals surface area contributed by atoms with Crippen molar-refractivity contribution in [3.05, 3.63) is 103 Å². The molecular formula is C27H29N3O3S. The van der Waals surface area contributed by atoms with Crippen LogP contribution in [0.2, 0.25) is 0 Å². The van der Waals surface area contributed by atoms with Crippen molar-refractivity contribution >= 4 is 32.8 Å². The van der Waals surface area contributed by atoms with Crippen LogP contribution in [0.25, 0.3) is 11.4 Å². The van der Waals surface area contributed by atoms with Gasteiger partial charge < -0.3 is 15.0 Å². The van der Waals surface area contributed by atoms with Gasteiger partial charge in [0, 0.05) is 35.9 Å². The van der Waals surface area contributed by atoms with Crippen LogP contribution in [0.15, 0.2) is 96.4 Å². The molecule has 0 unspecified atom stereocenters. The smallest absolute Gasteiger partial charge is 0.261 e. The van der Waals surface area contributed by atoms with Gasteiger partial charge in [0.2, 0.25) is 0 Å². The molecule has 1 aliphatic heterocycles. The normalized spacial score (nSPS) is 14.5. The van der Waals surface area contributed by atoms with Crippen molar-refractivity contribution in [1.82, 2.24) is 5.32 Å². The summed E-state index contributed by atoms with van der Waals surface area (Å²) >= 11 is 0. The number of nitrogens with zero attached hydrogens (tertiary/aromatic N) is 1. The lowest BCUT2D eigenvalue weighted by Gasteiger charge is -2.28. The first kappa shape index (κ1) is 23.6. The number of hydrogen-bond donors (Lipinski definition) is 2. The third kappa shape index (κ3) is 5.68. The molecule has 3 aromatic rings. The first-order valence-corrected chi connectivity index (χ1v) is 12.7. The summed E-state index contributed by atoms with van der Waals surface area (Å²) in [5.41, 5.74) is 4.90. The van der Waals surface area contributed by atoms with Gasteiger partial charge in [0.1, 0.15) is 0 Å². The highest BCUT2D eigenvalue weighted by molar-refractivity contribution is 7.92. The number of hydrogen-bond acceptors (Lipinski definition) is 5. The molecule has 1 fully saturated rings. The topological polar surface area (TPSA) is 70.7 Å². The monoisotopic (exact) mass is 475 g/mol. The third-order valence-corrected chi connectivity index (χ3v) is 7.04. The minimum absolute atomic E-state index is 0.215. The number of allylic oxidation sites excluding steroid dienone is 1. The summed E-state index contributed by atoms with van der Waals surface area (Å²) < 4.78 is 34.0. The highest BCUT2D eigenvalue weighted by Crippen LogP contribution is 2.24. The molecule has 0 saturated carbocycles. The Balaban J connectivity index is 1.46. The van der Waals surface area contributed by atoms with Crippen LogP contribution >= 0.6 is 0 Å². The predicted octanol–water partition coefficient (Wildman–Crippen LogP) is 4.95. The Morgan fingerprint density at radius 2 is 1.62 bits per heavy atom. The number of anilines is 2. The molecule has 0 aliphatic carbocycles. The Labute approximate surface area is 201 Å². The maximum absolute atomic E-state index is 13.0. The Kier molecular flexibility index (Phi) is 7.35. The van der Waals surface area contributed by atoms with Gasteiger partial charge in [-0.2, -0.15) is 0 Å². The molecule has 0 aromatic heterocycles. The molecule has 0 atom stereocenters. The van der Waals surface area contributed by atoms with E-state index in [1.807, 2.05) is 61.5 Å². The Hall–Kier alpha value is -3.55. The van der Waals surface area contributed by atoms with Crippen LogP contribution in [0.5, 0.6) is 0 Å². The van der Waals surface area contributed by atoms with Crippen LogP contribution in [0.3, 0.4) is 0 Å². The molecule has 0 radical (unpaired) electrons. The Morgan fingerprint density at radius 3 is 2.29 bits per heavy atom. The van der Waals surface area contributed by atoms with Crippen LogP contribution in [-0.2, 0) is 14.8 Å². The predicted molar refractivity (Wildman–Crippen MR) is 139 cm³/mol. The molecule has 0 amide bonds. The van der Waals surface area contributed by atoms with Crippen molar-refractivity contribution in [2.45, 2.75) is 11.8 Å². The molecule has 176 valence electrons. The van der Waals surface area contributed by atoms with Gasteiger partial charge in [-0.05, 0) is 54.4 Å². The fourth-order valence-electron chi connectivity index (χ4n) is 3.81. The summed E-state index contributed by atoms with van der Waals surface area (Å²) in [6, 6.07) is 24.1. The number of ether oxygens (including phenoxy) is 1. The summed E-state index contributed by atoms with van der Waals surface area (Å²) in [6.45, 7) is 9.06. The van der Waals surface area contributed by atoms with E-state index in [2.05, 4.69) is 21.5 Å². The Morgan fingerprint density at radius 1 is 0.941 bits per heavy atom. The van der Waals surface area contributed by atoms with Gasteiger partial charge in [-0.15, -0.1) is 0 Å². The maximum atomic E-state index is 13.0. The largest absolute Gasteiger partial charge is 0.378 e. The molecule has 1 saturated heterocycles. The molecule has 4 rings (SSSR count). The number of sulfonamides is 1. The molecule has 6 nitrogen and oxygen atoms in total. The second kappa shape index (κ2) is 10.6. The van der Waals surface area contributed by atoms with Crippen molar-refractivity contribution < 1.29 is 13.2 Å². The summed E-state index contributed by atoms with van der Waals surface area (Å²) in [7, 11) is -3.73. The number of nitrogens with one attached hydrogen (secondary N) is 2. The molecule has 3 aromatic carbocycles. The first-order valence-electron chi connectivity index (χ1n) is 11.2. The van der Waals surface area contributed by atoms with Crippen molar-refractivity contribution in [2.24, 2.45) is 0 Å². The van der Waals surface area contributed by atoms with Crippen molar-refractivity contribution in [3.63, 3.8) is 0 Å². The van der Waals surface area contributed by atoms with Gasteiger partial charge in [-0.25, -0.2) is 8.42 Å². The van der Waals surface area contributed by atoms with Gasteiger partial charge in [0.15, 0.2) is 0 Å². The van der Waals surface area contributed by atoms with E-state index in [9.17, 15) is 8.42 Å². The number of benzene rings is 3. The third-order valence-electron chi connectivity index (χ3n) is 5.65. The van der Waals surface area contributed by atoms with E-state index in [1.54, 1.807) is 30.3 Å². The molecule has 0 bridgehead atoms. The summed E-state index contributed by atoms with van der Waals surface area (Å²) in [5.74, 6) is 0. The molecule has 34 heavy (non-hydrogen) atoms. The van der Waals surface area contributed by atoms with Gasteiger partial charge in [-0.3, -0.25) is 4.72 Å². The molecule has 7 heteroatoms. The van der Waals surface area contributed by atoms with E-state index in [1.165, 1.54) is 0 Å². The van der Waals surface area contributed by atoms with Gasteiger partial charge in [0.05, 0.1) is 18.1 Å². The van der Waals surface area contributed by atoms with E-state index >= 15 is 0 Å². The zero-order valence-corrected chi connectivity index (χ0v) is 20.0. The Bertz CT molecular complexity index is 1260. The van der Waals surface area contributed by atoms with E-state index < -0.39 is 10.0 Å². The average molecular weight is 476 g/mol. The average Bonchev–Trinajstić information content (AvgIpc) is 2.88. The SMILES string of the molecule is C=C(N/C(=C\C)c1ccccc1)c1cccc(NS(=O)(=O)c2ccc(N3CCOCC3)cc2)c1. The van der Waals surface area contributed by atoms with Crippen LogP contribution in [0.4, 0.5) is 11.4 Å². The number of morpholine rings is 1. The standard InChI is InChI=1S/C27H29N3O3S/c1-3-27(22-8-5-4-6-9-22)28-21(2)23-10-7-11-24(20-23)29-34(31,32)26-14-12-25(13-15-26)30-16-18-33-19-17-30/h3-15,20,28-29H,2,16-19H2,1H3/b27-3-. The molecule has 1 heterocycles. The van der Waals surface area contributed by atoms with Gasteiger partial charge >= 0.3 is 0 Å². The summed E-state index contributed by atoms with van der Waals surface area (Å²) in [5, 5.41) is 3.33. The van der Waals surface area contributed by atoms with Crippen LogP contribution in [0.1, 0.15) is 18.1 Å². The summed E-state index contributed by atoms with van der Waals surface area (Å²) in [4.78, 5) is 2.40. The molecule has 1 aliphatic rings. The molecular weight excluding hydrogens is 446 g/mol. The highest BCUT2D eigenvalue weighted by Gasteiger charge is 2.17. The lowest BCUT2D eigenvalue weighted by atomic mass is 10.1. The van der Waals surface area contributed by atoms with Crippen molar-refractivity contribution in [1.29, 1.82) is 0 Å². The van der Waals surface area contributed by atoms with Crippen LogP contribution in [0, 0.1) is 0 Å². The van der Waals surface area contributed by atoms with E-state index in [0.29, 0.717) is 24.6 Å². The van der Waals surface area contributed by atoms with Crippen LogP contribution in [-0.4, -0.2) is 34.7 Å². The van der Waals surface area contributed by atoms with Gasteiger partial charge in [-0.1, -0.05) is 55.1 Å². The second-order valence-electron chi connectivity index (χ2n) is 7.95. The minimum Gasteiger partial charge on any atom is -0.378 e. The van der Waals surface area contributed by atoms with E-state index in [4.69, 9.17) is 4.74 Å². The minimum atomic E-state index is -3.73. The van der Waals surface area contributed by atoms with E-state index in [0.717, 1.165) is 35.6 Å². The van der Waals surface area contributed by atoms with E-state index in [-0.39, 0.29) is 4.90 Å². The number of rotatable bonds is 8. The molecule has 2 N–H and O–H groups in total. The highest BCUT2D eigenvalue weighted by atomic mass is 32.2. The lowest BCUT2D eigenvalue weighted by molar-refractivity contribution is 0.122.